The molecule has 1 aliphatic rings. The molecule has 2 heterocycles. The number of fused-ring (bicyclic) bond motifs is 1. The van der Waals surface area contributed by atoms with Gasteiger partial charge in [-0.1, -0.05) is 6.07 Å². The van der Waals surface area contributed by atoms with Crippen LogP contribution in [0.4, 0.5) is 11.5 Å². The molecule has 19 heavy (non-hydrogen) atoms. The Labute approximate surface area is 110 Å². The van der Waals surface area contributed by atoms with Gasteiger partial charge in [-0.25, -0.2) is 4.98 Å². The lowest BCUT2D eigenvalue weighted by molar-refractivity contribution is -0.118. The van der Waals surface area contributed by atoms with E-state index in [-0.39, 0.29) is 12.5 Å². The van der Waals surface area contributed by atoms with Crippen LogP contribution in [0, 0.1) is 6.92 Å². The molecule has 5 nitrogen and oxygen atoms in total. The molecule has 2 aromatic rings. The van der Waals surface area contributed by atoms with Gasteiger partial charge in [0.05, 0.1) is 5.69 Å². The number of nitrogens with one attached hydrogen (secondary N) is 1. The quantitative estimate of drug-likeness (QED) is 0.816. The fraction of sp³-hybridized carbons (Fsp3) is 0.143. The second-order valence-electron chi connectivity index (χ2n) is 4.47. The summed E-state index contributed by atoms with van der Waals surface area (Å²) in [5.41, 5.74) is 9.32. The van der Waals surface area contributed by atoms with Gasteiger partial charge in [-0.2, -0.15) is 0 Å². The maximum Gasteiger partial charge on any atom is 0.262 e. The lowest BCUT2D eigenvalue weighted by Crippen LogP contribution is -2.25. The van der Waals surface area contributed by atoms with Crippen LogP contribution in [0.2, 0.25) is 0 Å². The van der Waals surface area contributed by atoms with E-state index in [1.165, 1.54) is 0 Å². The molecule has 0 aliphatic carbocycles. The van der Waals surface area contributed by atoms with Crippen LogP contribution < -0.4 is 15.8 Å². The predicted molar refractivity (Wildman–Crippen MR) is 72.9 cm³/mol. The van der Waals surface area contributed by atoms with Crippen LogP contribution in [0.5, 0.6) is 5.75 Å². The van der Waals surface area contributed by atoms with Gasteiger partial charge in [0.15, 0.2) is 6.61 Å². The molecule has 0 saturated heterocycles. The molecular weight excluding hydrogens is 242 g/mol. The molecule has 0 fully saturated rings. The van der Waals surface area contributed by atoms with Gasteiger partial charge in [0.1, 0.15) is 11.6 Å². The number of benzene rings is 1. The summed E-state index contributed by atoms with van der Waals surface area (Å²) in [6.45, 7) is 2.04. The van der Waals surface area contributed by atoms with Crippen molar-refractivity contribution in [1.29, 1.82) is 0 Å². The first-order chi connectivity index (χ1) is 9.13. The molecule has 0 atom stereocenters. The number of rotatable bonds is 1. The van der Waals surface area contributed by atoms with Crippen molar-refractivity contribution in [2.75, 3.05) is 17.7 Å². The average molecular weight is 255 g/mol. The van der Waals surface area contributed by atoms with Gasteiger partial charge in [0.2, 0.25) is 0 Å². The summed E-state index contributed by atoms with van der Waals surface area (Å²) in [6, 6.07) is 7.49. The van der Waals surface area contributed by atoms with Crippen molar-refractivity contribution in [2.45, 2.75) is 6.92 Å². The van der Waals surface area contributed by atoms with Crippen LogP contribution in [0.3, 0.4) is 0 Å². The number of aryl methyl sites for hydroxylation is 1. The summed E-state index contributed by atoms with van der Waals surface area (Å²) in [7, 11) is 0. The largest absolute Gasteiger partial charge is 0.482 e. The first kappa shape index (κ1) is 11.5. The van der Waals surface area contributed by atoms with E-state index < -0.39 is 0 Å². The highest BCUT2D eigenvalue weighted by Crippen LogP contribution is 2.33. The molecule has 1 aromatic heterocycles. The summed E-state index contributed by atoms with van der Waals surface area (Å²) < 4.78 is 5.33. The average Bonchev–Trinajstić information content (AvgIpc) is 2.38. The lowest BCUT2D eigenvalue weighted by Gasteiger charge is -2.18. The molecule has 0 radical (unpaired) electrons. The van der Waals surface area contributed by atoms with Crippen LogP contribution in [0.1, 0.15) is 5.56 Å². The van der Waals surface area contributed by atoms with Crippen LogP contribution in [0.25, 0.3) is 11.1 Å². The Bertz CT molecular complexity index is 668. The summed E-state index contributed by atoms with van der Waals surface area (Å²) in [5.74, 6) is 1.04. The van der Waals surface area contributed by atoms with Crippen LogP contribution >= 0.6 is 0 Å². The maximum absolute atomic E-state index is 11.3. The molecule has 96 valence electrons. The molecule has 0 unspecified atom stereocenters. The lowest BCUT2D eigenvalue weighted by atomic mass is 10.0. The van der Waals surface area contributed by atoms with E-state index in [2.05, 4.69) is 10.3 Å². The summed E-state index contributed by atoms with van der Waals surface area (Å²) >= 11 is 0. The van der Waals surface area contributed by atoms with E-state index in [4.69, 9.17) is 10.5 Å². The number of carbonyl (C=O) groups excluding carboxylic acids is 1. The predicted octanol–water partition coefficient (Wildman–Crippen LogP) is 1.97. The van der Waals surface area contributed by atoms with Crippen molar-refractivity contribution in [1.82, 2.24) is 4.98 Å². The van der Waals surface area contributed by atoms with Crippen LogP contribution in [0.15, 0.2) is 30.5 Å². The minimum Gasteiger partial charge on any atom is -0.482 e. The zero-order valence-corrected chi connectivity index (χ0v) is 10.4. The van der Waals surface area contributed by atoms with Gasteiger partial charge in [0, 0.05) is 11.8 Å². The monoisotopic (exact) mass is 255 g/mol. The van der Waals surface area contributed by atoms with E-state index >= 15 is 0 Å². The van der Waals surface area contributed by atoms with Gasteiger partial charge in [-0.15, -0.1) is 0 Å². The number of aromatic nitrogens is 1. The minimum atomic E-state index is -0.142. The van der Waals surface area contributed by atoms with Gasteiger partial charge in [-0.05, 0) is 36.2 Å². The molecule has 0 bridgehead atoms. The fourth-order valence-electron chi connectivity index (χ4n) is 2.13. The number of amides is 1. The molecule has 3 rings (SSSR count). The third-order valence-corrected chi connectivity index (χ3v) is 3.06. The van der Waals surface area contributed by atoms with Gasteiger partial charge < -0.3 is 15.8 Å². The third kappa shape index (κ3) is 2.10. The first-order valence-corrected chi connectivity index (χ1v) is 5.93. The highest BCUT2D eigenvalue weighted by atomic mass is 16.5. The van der Waals surface area contributed by atoms with Crippen molar-refractivity contribution in [3.63, 3.8) is 0 Å². The number of nitrogens with two attached hydrogens (primary N) is 1. The first-order valence-electron chi connectivity index (χ1n) is 5.93. The van der Waals surface area contributed by atoms with E-state index in [9.17, 15) is 4.79 Å². The highest BCUT2D eigenvalue weighted by molar-refractivity contribution is 5.96. The maximum atomic E-state index is 11.3. The summed E-state index contributed by atoms with van der Waals surface area (Å²) in [6.07, 6.45) is 1.73. The van der Waals surface area contributed by atoms with Crippen molar-refractivity contribution in [3.8, 4) is 16.9 Å². The summed E-state index contributed by atoms with van der Waals surface area (Å²) in [5, 5.41) is 2.79. The van der Waals surface area contributed by atoms with Gasteiger partial charge in [-0.3, -0.25) is 4.79 Å². The number of carbonyl (C=O) groups is 1. The van der Waals surface area contributed by atoms with Crippen LogP contribution in [-0.2, 0) is 4.79 Å². The number of hydrogen-bond donors (Lipinski definition) is 2. The second kappa shape index (κ2) is 4.28. The molecule has 1 aromatic carbocycles. The Morgan fingerprint density at radius 1 is 1.37 bits per heavy atom. The standard InChI is InChI=1S/C14H13N3O2/c1-8-4-13(15)16-6-10(8)9-2-3-12-11(5-9)17-14(18)7-19-12/h2-6H,7H2,1H3,(H2,15,16)(H,17,18). The van der Waals surface area contributed by atoms with Gasteiger partial charge >= 0.3 is 0 Å². The SMILES string of the molecule is Cc1cc(N)ncc1-c1ccc2c(c1)NC(=O)CO2. The van der Waals surface area contributed by atoms with E-state index in [0.717, 1.165) is 16.7 Å². The van der Waals surface area contributed by atoms with Crippen molar-refractivity contribution in [2.24, 2.45) is 0 Å². The van der Waals surface area contributed by atoms with Crippen molar-refractivity contribution >= 4 is 17.4 Å². The number of pyridine rings is 1. The smallest absolute Gasteiger partial charge is 0.262 e. The number of nitrogen functional groups attached to an aromatic ring is 1. The fourth-order valence-corrected chi connectivity index (χ4v) is 2.13. The Morgan fingerprint density at radius 2 is 2.21 bits per heavy atom. The van der Waals surface area contributed by atoms with Crippen molar-refractivity contribution < 1.29 is 9.53 Å². The normalized spacial score (nSPS) is 13.4. The van der Waals surface area contributed by atoms with Gasteiger partial charge in [0.25, 0.3) is 5.91 Å². The number of ether oxygens (including phenoxy) is 1. The zero-order chi connectivity index (χ0) is 13.4. The molecule has 1 amide bonds. The number of anilines is 2. The number of nitrogens with zero attached hydrogens (tertiary/aromatic N) is 1. The molecule has 1 aliphatic heterocycles. The van der Waals surface area contributed by atoms with E-state index in [0.29, 0.717) is 17.3 Å². The Kier molecular flexibility index (Phi) is 2.59. The zero-order valence-electron chi connectivity index (χ0n) is 10.4. The van der Waals surface area contributed by atoms with Crippen LogP contribution in [-0.4, -0.2) is 17.5 Å². The molecular formula is C14H13N3O2. The molecule has 5 heteroatoms. The molecule has 0 spiro atoms. The second-order valence-corrected chi connectivity index (χ2v) is 4.47. The van der Waals surface area contributed by atoms with E-state index in [1.54, 1.807) is 6.20 Å². The Balaban J connectivity index is 2.06. The third-order valence-electron chi connectivity index (χ3n) is 3.06. The molecule has 3 N–H and O–H groups in total. The Hall–Kier alpha value is -2.56. The summed E-state index contributed by atoms with van der Waals surface area (Å²) in [4.78, 5) is 15.4. The Morgan fingerprint density at radius 3 is 3.00 bits per heavy atom. The van der Waals surface area contributed by atoms with Crippen molar-refractivity contribution in [3.05, 3.63) is 36.0 Å². The minimum absolute atomic E-state index is 0.0643. The topological polar surface area (TPSA) is 77.2 Å². The molecule has 0 saturated carbocycles. The highest BCUT2D eigenvalue weighted by Gasteiger charge is 2.16. The van der Waals surface area contributed by atoms with E-state index in [1.807, 2.05) is 31.2 Å². The number of hydrogen-bond acceptors (Lipinski definition) is 4.